The summed E-state index contributed by atoms with van der Waals surface area (Å²) in [6, 6.07) is 11.1. The van der Waals surface area contributed by atoms with Crippen LogP contribution in [0.1, 0.15) is 21.5 Å². The Kier molecular flexibility index (Phi) is 6.07. The molecule has 1 N–H and O–H groups in total. The minimum absolute atomic E-state index is 0.256. The van der Waals surface area contributed by atoms with Gasteiger partial charge in [-0.05, 0) is 43.2 Å². The molecule has 0 saturated heterocycles. The molecule has 0 heterocycles. The largest absolute Gasteiger partial charge is 0.496 e. The second-order valence-electron chi connectivity index (χ2n) is 5.34. The molecule has 128 valence electrons. The quantitative estimate of drug-likeness (QED) is 0.793. The molecule has 5 heteroatoms. The van der Waals surface area contributed by atoms with Crippen molar-refractivity contribution in [2.75, 3.05) is 27.4 Å². The Morgan fingerprint density at radius 3 is 2.17 bits per heavy atom. The SMILES string of the molecule is COc1cccc(OC)c1C(=O)NCCOc1cccc(C)c1C. The molecule has 0 aliphatic heterocycles. The van der Waals surface area contributed by atoms with Crippen molar-refractivity contribution in [1.82, 2.24) is 5.32 Å². The Balaban J connectivity index is 1.96. The summed E-state index contributed by atoms with van der Waals surface area (Å²) in [7, 11) is 3.05. The van der Waals surface area contributed by atoms with Gasteiger partial charge in [-0.25, -0.2) is 0 Å². The van der Waals surface area contributed by atoms with E-state index in [2.05, 4.69) is 5.32 Å². The minimum Gasteiger partial charge on any atom is -0.496 e. The lowest BCUT2D eigenvalue weighted by Crippen LogP contribution is -2.29. The van der Waals surface area contributed by atoms with E-state index in [-0.39, 0.29) is 5.91 Å². The van der Waals surface area contributed by atoms with Crippen LogP contribution in [0.15, 0.2) is 36.4 Å². The highest BCUT2D eigenvalue weighted by atomic mass is 16.5. The van der Waals surface area contributed by atoms with E-state index in [9.17, 15) is 4.79 Å². The van der Waals surface area contributed by atoms with Crippen molar-refractivity contribution in [3.63, 3.8) is 0 Å². The van der Waals surface area contributed by atoms with Crippen molar-refractivity contribution in [3.05, 3.63) is 53.1 Å². The number of hydrogen-bond donors (Lipinski definition) is 1. The number of aryl methyl sites for hydroxylation is 1. The molecule has 0 aliphatic rings. The average Bonchev–Trinajstić information content (AvgIpc) is 2.61. The average molecular weight is 329 g/mol. The summed E-state index contributed by atoms with van der Waals surface area (Å²) in [6.45, 7) is 4.82. The van der Waals surface area contributed by atoms with Crippen LogP contribution in [-0.4, -0.2) is 33.3 Å². The molecule has 24 heavy (non-hydrogen) atoms. The number of benzene rings is 2. The fraction of sp³-hybridized carbons (Fsp3) is 0.316. The van der Waals surface area contributed by atoms with Crippen molar-refractivity contribution in [2.45, 2.75) is 13.8 Å². The molecule has 2 rings (SSSR count). The van der Waals surface area contributed by atoms with Crippen LogP contribution < -0.4 is 19.5 Å². The highest BCUT2D eigenvalue weighted by Gasteiger charge is 2.17. The molecule has 0 spiro atoms. The molecule has 0 unspecified atom stereocenters. The molecule has 0 aliphatic carbocycles. The van der Waals surface area contributed by atoms with Crippen molar-refractivity contribution in [3.8, 4) is 17.2 Å². The van der Waals surface area contributed by atoms with Gasteiger partial charge in [0.05, 0.1) is 20.8 Å². The molecule has 0 saturated carbocycles. The first-order valence-electron chi connectivity index (χ1n) is 7.76. The zero-order valence-corrected chi connectivity index (χ0v) is 14.5. The van der Waals surface area contributed by atoms with Gasteiger partial charge in [0.15, 0.2) is 0 Å². The summed E-state index contributed by atoms with van der Waals surface area (Å²) in [4.78, 5) is 12.4. The normalized spacial score (nSPS) is 10.2. The summed E-state index contributed by atoms with van der Waals surface area (Å²) in [5.41, 5.74) is 2.67. The van der Waals surface area contributed by atoms with Crippen molar-refractivity contribution in [1.29, 1.82) is 0 Å². The molecule has 5 nitrogen and oxygen atoms in total. The number of ether oxygens (including phenoxy) is 3. The zero-order chi connectivity index (χ0) is 17.5. The molecular weight excluding hydrogens is 306 g/mol. The van der Waals surface area contributed by atoms with Crippen molar-refractivity contribution >= 4 is 5.91 Å². The van der Waals surface area contributed by atoms with Crippen LogP contribution in [0.3, 0.4) is 0 Å². The van der Waals surface area contributed by atoms with E-state index in [0.29, 0.717) is 30.2 Å². The Morgan fingerprint density at radius 1 is 0.958 bits per heavy atom. The van der Waals surface area contributed by atoms with E-state index in [1.54, 1.807) is 18.2 Å². The number of carbonyl (C=O) groups excluding carboxylic acids is 1. The Labute approximate surface area is 142 Å². The first-order chi connectivity index (χ1) is 11.6. The maximum absolute atomic E-state index is 12.4. The first-order valence-corrected chi connectivity index (χ1v) is 7.76. The second-order valence-corrected chi connectivity index (χ2v) is 5.34. The Hall–Kier alpha value is -2.69. The van der Waals surface area contributed by atoms with Gasteiger partial charge < -0.3 is 19.5 Å². The van der Waals surface area contributed by atoms with Gasteiger partial charge in [0.1, 0.15) is 29.4 Å². The van der Waals surface area contributed by atoms with Crippen molar-refractivity contribution in [2.24, 2.45) is 0 Å². The molecule has 0 bridgehead atoms. The number of amides is 1. The summed E-state index contributed by atoms with van der Waals surface area (Å²) in [5.74, 6) is 1.53. The topological polar surface area (TPSA) is 56.8 Å². The monoisotopic (exact) mass is 329 g/mol. The van der Waals surface area contributed by atoms with E-state index in [4.69, 9.17) is 14.2 Å². The Bertz CT molecular complexity index is 690. The van der Waals surface area contributed by atoms with Crippen LogP contribution >= 0.6 is 0 Å². The maximum atomic E-state index is 12.4. The number of nitrogens with one attached hydrogen (secondary N) is 1. The van der Waals surface area contributed by atoms with Crippen LogP contribution in [0, 0.1) is 13.8 Å². The van der Waals surface area contributed by atoms with Crippen LogP contribution in [-0.2, 0) is 0 Å². The molecule has 1 amide bonds. The highest BCUT2D eigenvalue weighted by Crippen LogP contribution is 2.27. The van der Waals surface area contributed by atoms with Crippen LogP contribution in [0.4, 0.5) is 0 Å². The van der Waals surface area contributed by atoms with Gasteiger partial charge in [-0.1, -0.05) is 18.2 Å². The maximum Gasteiger partial charge on any atom is 0.258 e. The van der Waals surface area contributed by atoms with Crippen LogP contribution in [0.25, 0.3) is 0 Å². The lowest BCUT2D eigenvalue weighted by atomic mass is 10.1. The number of hydrogen-bond acceptors (Lipinski definition) is 4. The van der Waals surface area contributed by atoms with Crippen molar-refractivity contribution < 1.29 is 19.0 Å². The first kappa shape index (κ1) is 17.7. The molecule has 2 aromatic rings. The van der Waals surface area contributed by atoms with E-state index in [0.717, 1.165) is 11.3 Å². The molecule has 2 aromatic carbocycles. The predicted octanol–water partition coefficient (Wildman–Crippen LogP) is 3.13. The standard InChI is InChI=1S/C19H23NO4/c1-13-7-5-8-15(14(13)2)24-12-11-20-19(21)18-16(22-3)9-6-10-17(18)23-4/h5-10H,11-12H2,1-4H3,(H,20,21). The van der Waals surface area contributed by atoms with E-state index in [1.807, 2.05) is 32.0 Å². The number of rotatable bonds is 7. The summed E-state index contributed by atoms with van der Waals surface area (Å²) in [6.07, 6.45) is 0. The lowest BCUT2D eigenvalue weighted by Gasteiger charge is -2.14. The van der Waals surface area contributed by atoms with Gasteiger partial charge in [-0.2, -0.15) is 0 Å². The number of carbonyl (C=O) groups is 1. The molecule has 0 atom stereocenters. The lowest BCUT2D eigenvalue weighted by molar-refractivity contribution is 0.0940. The van der Waals surface area contributed by atoms with Gasteiger partial charge in [0, 0.05) is 0 Å². The molecule has 0 radical (unpaired) electrons. The van der Waals surface area contributed by atoms with Gasteiger partial charge in [-0.3, -0.25) is 4.79 Å². The van der Waals surface area contributed by atoms with Crippen LogP contribution in [0.2, 0.25) is 0 Å². The zero-order valence-electron chi connectivity index (χ0n) is 14.5. The van der Waals surface area contributed by atoms with Gasteiger partial charge in [-0.15, -0.1) is 0 Å². The third-order valence-corrected chi connectivity index (χ3v) is 3.86. The summed E-state index contributed by atoms with van der Waals surface area (Å²) in [5, 5.41) is 2.83. The van der Waals surface area contributed by atoms with Gasteiger partial charge in [0.2, 0.25) is 0 Å². The van der Waals surface area contributed by atoms with E-state index >= 15 is 0 Å². The molecule has 0 aromatic heterocycles. The molecular formula is C19H23NO4. The number of methoxy groups -OCH3 is 2. The third-order valence-electron chi connectivity index (χ3n) is 3.86. The van der Waals surface area contributed by atoms with E-state index in [1.165, 1.54) is 19.8 Å². The Morgan fingerprint density at radius 2 is 1.54 bits per heavy atom. The smallest absolute Gasteiger partial charge is 0.258 e. The van der Waals surface area contributed by atoms with Gasteiger partial charge in [0.25, 0.3) is 5.91 Å². The fourth-order valence-electron chi connectivity index (χ4n) is 2.37. The van der Waals surface area contributed by atoms with Gasteiger partial charge >= 0.3 is 0 Å². The third kappa shape index (κ3) is 3.98. The highest BCUT2D eigenvalue weighted by molar-refractivity contribution is 5.99. The molecule has 0 fully saturated rings. The fourth-order valence-corrected chi connectivity index (χ4v) is 2.37. The second kappa shape index (κ2) is 8.24. The van der Waals surface area contributed by atoms with Crippen LogP contribution in [0.5, 0.6) is 17.2 Å². The minimum atomic E-state index is -0.256. The summed E-state index contributed by atoms with van der Waals surface area (Å²) >= 11 is 0. The van der Waals surface area contributed by atoms with E-state index < -0.39 is 0 Å². The predicted molar refractivity (Wildman–Crippen MR) is 93.3 cm³/mol. The summed E-state index contributed by atoms with van der Waals surface area (Å²) < 4.78 is 16.2.